The molecule has 0 radical (unpaired) electrons. The highest BCUT2D eigenvalue weighted by Gasteiger charge is 2.40. The topological polar surface area (TPSA) is 96.0 Å². The van der Waals surface area contributed by atoms with Gasteiger partial charge in [-0.3, -0.25) is 14.4 Å². The third kappa shape index (κ3) is 5.84. The van der Waals surface area contributed by atoms with Crippen molar-refractivity contribution in [3.63, 3.8) is 0 Å². The lowest BCUT2D eigenvalue weighted by Gasteiger charge is -2.24. The van der Waals surface area contributed by atoms with Crippen molar-refractivity contribution in [2.24, 2.45) is 5.92 Å². The van der Waals surface area contributed by atoms with Crippen LogP contribution in [-0.2, 0) is 33.4 Å². The summed E-state index contributed by atoms with van der Waals surface area (Å²) in [7, 11) is 1.08. The number of ether oxygens (including phenoxy) is 3. The molecule has 26 heavy (non-hydrogen) atoms. The molecule has 0 fully saturated rings. The van der Waals surface area contributed by atoms with Crippen molar-refractivity contribution in [3.05, 3.63) is 34.9 Å². The van der Waals surface area contributed by atoms with Crippen molar-refractivity contribution in [3.8, 4) is 0 Å². The number of ketones is 1. The van der Waals surface area contributed by atoms with Crippen LogP contribution in [0.15, 0.2) is 24.3 Å². The average Bonchev–Trinajstić information content (AvgIpc) is 2.61. The highest BCUT2D eigenvalue weighted by Crippen LogP contribution is 2.32. The number of esters is 3. The molecule has 8 heteroatoms. The van der Waals surface area contributed by atoms with Gasteiger partial charge in [0.25, 0.3) is 0 Å². The molecule has 0 amide bonds. The molecular formula is C18H21ClO7. The first-order chi connectivity index (χ1) is 12.3. The molecule has 0 aliphatic heterocycles. The lowest BCUT2D eigenvalue weighted by Crippen LogP contribution is -2.35. The number of hydrogen-bond acceptors (Lipinski definition) is 7. The summed E-state index contributed by atoms with van der Waals surface area (Å²) in [6, 6.07) is 6.26. The minimum Gasteiger partial charge on any atom is -0.465 e. The molecule has 0 aromatic heterocycles. The second kappa shape index (κ2) is 10.6. The molecule has 0 saturated carbocycles. The molecule has 1 unspecified atom stereocenters. The van der Waals surface area contributed by atoms with Gasteiger partial charge in [-0.2, -0.15) is 0 Å². The van der Waals surface area contributed by atoms with Gasteiger partial charge in [-0.15, -0.1) is 0 Å². The maximum absolute atomic E-state index is 12.4. The normalized spacial score (nSPS) is 11.6. The number of methoxy groups -OCH3 is 1. The predicted octanol–water partition coefficient (Wildman–Crippen LogP) is 2.30. The van der Waals surface area contributed by atoms with Gasteiger partial charge >= 0.3 is 17.9 Å². The number of benzene rings is 1. The van der Waals surface area contributed by atoms with Gasteiger partial charge in [-0.1, -0.05) is 23.7 Å². The van der Waals surface area contributed by atoms with Crippen LogP contribution in [0.25, 0.3) is 0 Å². The molecule has 7 nitrogen and oxygen atoms in total. The fourth-order valence-electron chi connectivity index (χ4n) is 2.42. The van der Waals surface area contributed by atoms with E-state index in [0.717, 1.165) is 7.11 Å². The highest BCUT2D eigenvalue weighted by atomic mass is 35.5. The van der Waals surface area contributed by atoms with Crippen LogP contribution in [0.2, 0.25) is 5.02 Å². The highest BCUT2D eigenvalue weighted by molar-refractivity contribution is 6.33. The van der Waals surface area contributed by atoms with E-state index in [4.69, 9.17) is 21.1 Å². The summed E-state index contributed by atoms with van der Waals surface area (Å²) in [5.41, 5.74) is 0.470. The monoisotopic (exact) mass is 384 g/mol. The Morgan fingerprint density at radius 2 is 1.46 bits per heavy atom. The Bertz CT molecular complexity index is 636. The lowest BCUT2D eigenvalue weighted by molar-refractivity contribution is -0.163. The van der Waals surface area contributed by atoms with Crippen molar-refractivity contribution >= 4 is 35.3 Å². The molecule has 0 saturated heterocycles. The molecule has 0 spiro atoms. The number of carbonyl (C=O) groups is 4. The first-order valence-electron chi connectivity index (χ1n) is 8.05. The van der Waals surface area contributed by atoms with E-state index in [0.29, 0.717) is 10.6 Å². The van der Waals surface area contributed by atoms with E-state index in [1.807, 2.05) is 0 Å². The summed E-state index contributed by atoms with van der Waals surface area (Å²) in [5, 5.41) is 0.440. The van der Waals surface area contributed by atoms with Crippen molar-refractivity contribution in [2.75, 3.05) is 20.3 Å². The number of rotatable bonds is 9. The van der Waals surface area contributed by atoms with Gasteiger partial charge in [0.15, 0.2) is 5.92 Å². The van der Waals surface area contributed by atoms with E-state index in [2.05, 4.69) is 4.74 Å². The second-order valence-corrected chi connectivity index (χ2v) is 5.70. The van der Waals surface area contributed by atoms with Gasteiger partial charge in [0.2, 0.25) is 5.78 Å². The maximum Gasteiger partial charge on any atom is 0.374 e. The molecule has 1 rings (SSSR count). The molecule has 0 N–H and O–H groups in total. The maximum atomic E-state index is 12.4. The molecule has 1 aromatic rings. The Hall–Kier alpha value is -2.41. The molecule has 0 bridgehead atoms. The number of carbonyl (C=O) groups excluding carboxylic acids is 4. The van der Waals surface area contributed by atoms with Crippen LogP contribution in [0, 0.1) is 5.92 Å². The number of halogens is 1. The summed E-state index contributed by atoms with van der Waals surface area (Å²) in [6.07, 6.45) is -0.420. The van der Waals surface area contributed by atoms with Crippen LogP contribution in [0.3, 0.4) is 0 Å². The van der Waals surface area contributed by atoms with Crippen molar-refractivity contribution in [1.29, 1.82) is 0 Å². The minimum atomic E-state index is -1.40. The van der Waals surface area contributed by atoms with Gasteiger partial charge in [-0.25, -0.2) is 4.79 Å². The third-order valence-electron chi connectivity index (χ3n) is 3.60. The van der Waals surface area contributed by atoms with E-state index >= 15 is 0 Å². The van der Waals surface area contributed by atoms with Crippen LogP contribution in [0.4, 0.5) is 0 Å². The zero-order chi connectivity index (χ0) is 19.7. The standard InChI is InChI=1S/C18H21ClO7/c1-4-25-17(22)15(18(23)26-5-2)13(10-14(20)16(21)24-3)11-6-8-12(19)9-7-11/h6-9,13,15H,4-5,10H2,1-3H3. The van der Waals surface area contributed by atoms with Gasteiger partial charge in [0, 0.05) is 17.4 Å². The third-order valence-corrected chi connectivity index (χ3v) is 3.85. The average molecular weight is 385 g/mol. The summed E-state index contributed by atoms with van der Waals surface area (Å²) in [6.45, 7) is 3.29. The molecular weight excluding hydrogens is 364 g/mol. The Labute approximate surface area is 156 Å². The molecule has 142 valence electrons. The predicted molar refractivity (Wildman–Crippen MR) is 92.6 cm³/mol. The van der Waals surface area contributed by atoms with Gasteiger partial charge in [0.05, 0.1) is 20.3 Å². The molecule has 1 atom stereocenters. The summed E-state index contributed by atoms with van der Waals surface area (Å²) in [4.78, 5) is 48.4. The second-order valence-electron chi connectivity index (χ2n) is 5.26. The van der Waals surface area contributed by atoms with Crippen LogP contribution >= 0.6 is 11.6 Å². The summed E-state index contributed by atoms with van der Waals surface area (Å²) >= 11 is 5.87. The number of Topliss-reactive ketones (excluding diaryl/α,β-unsaturated/α-hetero) is 1. The zero-order valence-electron chi connectivity index (χ0n) is 14.8. The Morgan fingerprint density at radius 1 is 0.962 bits per heavy atom. The molecule has 0 aliphatic rings. The molecule has 0 aliphatic carbocycles. The molecule has 1 aromatic carbocycles. The van der Waals surface area contributed by atoms with Crippen LogP contribution in [-0.4, -0.2) is 44.0 Å². The van der Waals surface area contributed by atoms with Gasteiger partial charge in [-0.05, 0) is 31.5 Å². The van der Waals surface area contributed by atoms with E-state index in [9.17, 15) is 19.2 Å². The Balaban J connectivity index is 3.33. The summed E-state index contributed by atoms with van der Waals surface area (Å²) < 4.78 is 14.4. The van der Waals surface area contributed by atoms with E-state index in [1.54, 1.807) is 38.1 Å². The van der Waals surface area contributed by atoms with Crippen molar-refractivity contribution in [2.45, 2.75) is 26.2 Å². The zero-order valence-corrected chi connectivity index (χ0v) is 15.6. The van der Waals surface area contributed by atoms with Crippen molar-refractivity contribution in [1.82, 2.24) is 0 Å². The van der Waals surface area contributed by atoms with E-state index < -0.39 is 41.9 Å². The van der Waals surface area contributed by atoms with Crippen LogP contribution < -0.4 is 0 Å². The quantitative estimate of drug-likeness (QED) is 0.279. The van der Waals surface area contributed by atoms with E-state index in [-0.39, 0.29) is 13.2 Å². The Kier molecular flexibility index (Phi) is 8.78. The molecule has 0 heterocycles. The fraction of sp³-hybridized carbons (Fsp3) is 0.444. The fourth-order valence-corrected chi connectivity index (χ4v) is 2.55. The largest absolute Gasteiger partial charge is 0.465 e. The minimum absolute atomic E-state index is 0.0486. The lowest BCUT2D eigenvalue weighted by atomic mass is 9.82. The number of hydrogen-bond donors (Lipinski definition) is 0. The van der Waals surface area contributed by atoms with Gasteiger partial charge < -0.3 is 14.2 Å². The Morgan fingerprint density at radius 3 is 1.88 bits per heavy atom. The first kappa shape index (κ1) is 21.6. The van der Waals surface area contributed by atoms with Crippen LogP contribution in [0.1, 0.15) is 31.7 Å². The SMILES string of the molecule is CCOC(=O)C(C(=O)OCC)C(CC(=O)C(=O)OC)c1ccc(Cl)cc1. The summed E-state index contributed by atoms with van der Waals surface area (Å²) in [5.74, 6) is -5.95. The van der Waals surface area contributed by atoms with Gasteiger partial charge in [0.1, 0.15) is 0 Å². The van der Waals surface area contributed by atoms with Crippen LogP contribution in [0.5, 0.6) is 0 Å². The van der Waals surface area contributed by atoms with E-state index in [1.165, 1.54) is 0 Å². The van der Waals surface area contributed by atoms with Crippen molar-refractivity contribution < 1.29 is 33.4 Å². The first-order valence-corrected chi connectivity index (χ1v) is 8.43. The smallest absolute Gasteiger partial charge is 0.374 e.